The number of carboxylic acids is 1. The molecule has 0 heterocycles. The van der Waals surface area contributed by atoms with Gasteiger partial charge in [-0.2, -0.15) is 0 Å². The molecule has 2 aromatic rings. The molecule has 1 fully saturated rings. The molecule has 1 amide bonds. The van der Waals surface area contributed by atoms with Gasteiger partial charge in [-0.1, -0.05) is 35.4 Å². The molecular formula is C20H20FNO3. The zero-order chi connectivity index (χ0) is 18.2. The topological polar surface area (TPSA) is 66.4 Å². The van der Waals surface area contributed by atoms with Crippen molar-refractivity contribution in [3.05, 3.63) is 64.5 Å². The minimum absolute atomic E-state index is 0.0981. The summed E-state index contributed by atoms with van der Waals surface area (Å²) in [4.78, 5) is 23.5. The third-order valence-electron chi connectivity index (χ3n) is 4.61. The van der Waals surface area contributed by atoms with Gasteiger partial charge in [-0.05, 0) is 49.9 Å². The number of aryl methyl sites for hydroxylation is 2. The molecule has 3 rings (SSSR count). The first-order valence-corrected chi connectivity index (χ1v) is 8.21. The lowest BCUT2D eigenvalue weighted by Gasteiger charge is -2.17. The van der Waals surface area contributed by atoms with Crippen LogP contribution in [-0.2, 0) is 21.4 Å². The molecule has 130 valence electrons. The van der Waals surface area contributed by atoms with Crippen LogP contribution in [0.2, 0.25) is 0 Å². The summed E-state index contributed by atoms with van der Waals surface area (Å²) in [5.41, 5.74) is 3.10. The van der Waals surface area contributed by atoms with Gasteiger partial charge in [0.2, 0.25) is 5.91 Å². The number of carbonyl (C=O) groups excluding carboxylic acids is 1. The average Bonchev–Trinajstić information content (AvgIpc) is 3.30. The smallest absolute Gasteiger partial charge is 0.307 e. The monoisotopic (exact) mass is 341 g/mol. The summed E-state index contributed by atoms with van der Waals surface area (Å²) in [6.07, 6.45) is 1.15. The van der Waals surface area contributed by atoms with Crippen LogP contribution in [0, 0.1) is 19.7 Å². The SMILES string of the molecule is Cc1cc(C)cc(C2(C(=O)Nc3ccc(CC(=O)O)c(F)c3)CC2)c1. The summed E-state index contributed by atoms with van der Waals surface area (Å²) < 4.78 is 14.0. The third kappa shape index (κ3) is 3.55. The Morgan fingerprint density at radius 2 is 1.76 bits per heavy atom. The number of nitrogens with one attached hydrogen (secondary N) is 1. The summed E-state index contributed by atoms with van der Waals surface area (Å²) in [6, 6.07) is 10.2. The molecule has 0 aliphatic heterocycles. The maximum Gasteiger partial charge on any atom is 0.307 e. The summed E-state index contributed by atoms with van der Waals surface area (Å²) in [7, 11) is 0. The van der Waals surface area contributed by atoms with Crippen molar-refractivity contribution in [2.75, 3.05) is 5.32 Å². The normalized spacial score (nSPS) is 14.8. The Morgan fingerprint density at radius 3 is 2.28 bits per heavy atom. The molecule has 5 heteroatoms. The molecule has 4 nitrogen and oxygen atoms in total. The zero-order valence-corrected chi connectivity index (χ0v) is 14.2. The van der Waals surface area contributed by atoms with Crippen molar-refractivity contribution in [2.45, 2.75) is 38.5 Å². The second-order valence-corrected chi connectivity index (χ2v) is 6.79. The van der Waals surface area contributed by atoms with E-state index < -0.39 is 17.2 Å². The van der Waals surface area contributed by atoms with Crippen LogP contribution >= 0.6 is 0 Å². The van der Waals surface area contributed by atoms with Gasteiger partial charge < -0.3 is 10.4 Å². The lowest BCUT2D eigenvalue weighted by Crippen LogP contribution is -2.28. The van der Waals surface area contributed by atoms with Crippen LogP contribution in [-0.4, -0.2) is 17.0 Å². The molecule has 1 saturated carbocycles. The van der Waals surface area contributed by atoms with Crippen molar-refractivity contribution < 1.29 is 19.1 Å². The number of carboxylic acid groups (broad SMARTS) is 1. The summed E-state index contributed by atoms with van der Waals surface area (Å²) >= 11 is 0. The van der Waals surface area contributed by atoms with E-state index in [4.69, 9.17) is 5.11 Å². The standard InChI is InChI=1S/C20H20FNO3/c1-12-7-13(2)9-15(8-12)20(5-6-20)19(25)22-16-4-3-14(10-18(23)24)17(21)11-16/h3-4,7-9,11H,5-6,10H2,1-2H3,(H,22,25)(H,23,24). The Bertz CT molecular complexity index is 836. The van der Waals surface area contributed by atoms with Crippen LogP contribution in [0.5, 0.6) is 0 Å². The lowest BCUT2D eigenvalue weighted by atomic mass is 9.92. The highest BCUT2D eigenvalue weighted by Gasteiger charge is 2.51. The summed E-state index contributed by atoms with van der Waals surface area (Å²) in [5, 5.41) is 11.5. The van der Waals surface area contributed by atoms with E-state index in [-0.39, 0.29) is 17.9 Å². The Hall–Kier alpha value is -2.69. The van der Waals surface area contributed by atoms with Crippen LogP contribution in [0.15, 0.2) is 36.4 Å². The van der Waals surface area contributed by atoms with E-state index in [1.807, 2.05) is 26.0 Å². The van der Waals surface area contributed by atoms with E-state index in [2.05, 4.69) is 11.4 Å². The molecule has 0 atom stereocenters. The Morgan fingerprint density at radius 1 is 1.12 bits per heavy atom. The number of halogens is 1. The Kier molecular flexibility index (Phi) is 4.33. The van der Waals surface area contributed by atoms with Crippen molar-refractivity contribution in [3.8, 4) is 0 Å². The fourth-order valence-corrected chi connectivity index (χ4v) is 3.20. The molecule has 0 unspecified atom stereocenters. The van der Waals surface area contributed by atoms with E-state index in [1.165, 1.54) is 18.2 Å². The predicted octanol–water partition coefficient (Wildman–Crippen LogP) is 3.74. The largest absolute Gasteiger partial charge is 0.481 e. The number of aliphatic carboxylic acids is 1. The van der Waals surface area contributed by atoms with E-state index in [0.717, 1.165) is 29.5 Å². The van der Waals surface area contributed by atoms with Gasteiger partial charge in [0, 0.05) is 5.69 Å². The molecule has 0 bridgehead atoms. The van der Waals surface area contributed by atoms with Gasteiger partial charge in [0.1, 0.15) is 5.82 Å². The quantitative estimate of drug-likeness (QED) is 0.871. The highest BCUT2D eigenvalue weighted by molar-refractivity contribution is 6.01. The maximum absolute atomic E-state index is 14.0. The number of hydrogen-bond acceptors (Lipinski definition) is 2. The number of benzene rings is 2. The van der Waals surface area contributed by atoms with E-state index in [1.54, 1.807) is 0 Å². The maximum atomic E-state index is 14.0. The fraction of sp³-hybridized carbons (Fsp3) is 0.300. The van der Waals surface area contributed by atoms with Gasteiger partial charge in [-0.3, -0.25) is 9.59 Å². The van der Waals surface area contributed by atoms with Crippen molar-refractivity contribution in [3.63, 3.8) is 0 Å². The highest BCUT2D eigenvalue weighted by atomic mass is 19.1. The first kappa shape index (κ1) is 17.1. The number of hydrogen-bond donors (Lipinski definition) is 2. The summed E-state index contributed by atoms with van der Waals surface area (Å²) in [6.45, 7) is 4.00. The van der Waals surface area contributed by atoms with Gasteiger partial charge in [0.25, 0.3) is 0 Å². The molecule has 0 spiro atoms. The minimum atomic E-state index is -1.09. The number of rotatable bonds is 5. The van der Waals surface area contributed by atoms with Crippen LogP contribution in [0.3, 0.4) is 0 Å². The van der Waals surface area contributed by atoms with E-state index in [9.17, 15) is 14.0 Å². The lowest BCUT2D eigenvalue weighted by molar-refractivity contribution is -0.136. The average molecular weight is 341 g/mol. The molecule has 1 aliphatic rings. The molecule has 0 radical (unpaired) electrons. The molecule has 2 aromatic carbocycles. The first-order valence-electron chi connectivity index (χ1n) is 8.21. The van der Waals surface area contributed by atoms with Crippen LogP contribution in [0.4, 0.5) is 10.1 Å². The van der Waals surface area contributed by atoms with Gasteiger partial charge >= 0.3 is 5.97 Å². The third-order valence-corrected chi connectivity index (χ3v) is 4.61. The van der Waals surface area contributed by atoms with E-state index >= 15 is 0 Å². The molecular weight excluding hydrogens is 321 g/mol. The Labute approximate surface area is 145 Å². The molecule has 2 N–H and O–H groups in total. The number of carbonyl (C=O) groups is 2. The fourth-order valence-electron chi connectivity index (χ4n) is 3.20. The van der Waals surface area contributed by atoms with Gasteiger partial charge in [-0.25, -0.2) is 4.39 Å². The van der Waals surface area contributed by atoms with Gasteiger partial charge in [0.15, 0.2) is 0 Å². The zero-order valence-electron chi connectivity index (χ0n) is 14.2. The molecule has 1 aliphatic carbocycles. The molecule has 0 aromatic heterocycles. The number of anilines is 1. The van der Waals surface area contributed by atoms with Gasteiger partial charge in [-0.15, -0.1) is 0 Å². The van der Waals surface area contributed by atoms with Crippen molar-refractivity contribution in [2.24, 2.45) is 0 Å². The number of amides is 1. The minimum Gasteiger partial charge on any atom is -0.481 e. The van der Waals surface area contributed by atoms with Crippen molar-refractivity contribution in [1.29, 1.82) is 0 Å². The van der Waals surface area contributed by atoms with Crippen LogP contribution in [0.25, 0.3) is 0 Å². The summed E-state index contributed by atoms with van der Waals surface area (Å²) in [5.74, 6) is -1.87. The highest BCUT2D eigenvalue weighted by Crippen LogP contribution is 2.49. The molecule has 25 heavy (non-hydrogen) atoms. The van der Waals surface area contributed by atoms with E-state index in [0.29, 0.717) is 5.69 Å². The van der Waals surface area contributed by atoms with Crippen LogP contribution < -0.4 is 5.32 Å². The Balaban J connectivity index is 1.80. The second kappa shape index (κ2) is 6.31. The second-order valence-electron chi connectivity index (χ2n) is 6.79. The van der Waals surface area contributed by atoms with Gasteiger partial charge in [0.05, 0.1) is 11.8 Å². The van der Waals surface area contributed by atoms with Crippen molar-refractivity contribution >= 4 is 17.6 Å². The van der Waals surface area contributed by atoms with Crippen LogP contribution in [0.1, 0.15) is 35.1 Å². The first-order chi connectivity index (χ1) is 11.8. The predicted molar refractivity (Wildman–Crippen MR) is 93.2 cm³/mol. The van der Waals surface area contributed by atoms with Crippen molar-refractivity contribution in [1.82, 2.24) is 0 Å². The molecule has 0 saturated heterocycles.